The van der Waals surface area contributed by atoms with Crippen LogP contribution in [0, 0.1) is 5.92 Å². The van der Waals surface area contributed by atoms with Gasteiger partial charge in [0.2, 0.25) is 5.91 Å². The molecule has 1 aliphatic rings. The van der Waals surface area contributed by atoms with E-state index in [1.54, 1.807) is 0 Å². The van der Waals surface area contributed by atoms with Crippen LogP contribution in [0.3, 0.4) is 0 Å². The summed E-state index contributed by atoms with van der Waals surface area (Å²) < 4.78 is 22.3. The number of nitrogens with one attached hydrogen (secondary N) is 2. The summed E-state index contributed by atoms with van der Waals surface area (Å²) in [5.74, 6) is 0.699. The summed E-state index contributed by atoms with van der Waals surface area (Å²) >= 11 is 0. The maximum atomic E-state index is 11.2. The molecule has 1 fully saturated rings. The predicted molar refractivity (Wildman–Crippen MR) is 62.9 cm³/mol. The van der Waals surface area contributed by atoms with Crippen LogP contribution in [0.4, 0.5) is 0 Å². The quantitative estimate of drug-likeness (QED) is 0.667. The van der Waals surface area contributed by atoms with Gasteiger partial charge in [0.05, 0.1) is 18.1 Å². The Morgan fingerprint density at radius 3 is 2.75 bits per heavy atom. The molecule has 6 heteroatoms. The fourth-order valence-corrected chi connectivity index (χ4v) is 3.61. The molecule has 16 heavy (non-hydrogen) atoms. The molecule has 1 aliphatic heterocycles. The van der Waals surface area contributed by atoms with Gasteiger partial charge in [0.1, 0.15) is 0 Å². The molecular weight excluding hydrogens is 228 g/mol. The standard InChI is InChI=1S/C10H20N2O3S/c1-2-4-12-10(13)7-11-6-9-3-5-16(14,15)8-9/h9,11H,2-8H2,1H3,(H,12,13). The topological polar surface area (TPSA) is 75.3 Å². The van der Waals surface area contributed by atoms with Gasteiger partial charge in [-0.1, -0.05) is 6.92 Å². The summed E-state index contributed by atoms with van der Waals surface area (Å²) in [5, 5.41) is 5.75. The van der Waals surface area contributed by atoms with E-state index in [4.69, 9.17) is 0 Å². The van der Waals surface area contributed by atoms with Crippen LogP contribution in [0.25, 0.3) is 0 Å². The third-order valence-corrected chi connectivity index (χ3v) is 4.45. The van der Waals surface area contributed by atoms with Crippen molar-refractivity contribution < 1.29 is 13.2 Å². The zero-order chi connectivity index (χ0) is 12.0. The SMILES string of the molecule is CCCNC(=O)CNCC1CCS(=O)(=O)C1. The Hall–Kier alpha value is -0.620. The van der Waals surface area contributed by atoms with Gasteiger partial charge in [-0.05, 0) is 25.3 Å². The molecule has 1 amide bonds. The van der Waals surface area contributed by atoms with E-state index in [1.807, 2.05) is 6.92 Å². The van der Waals surface area contributed by atoms with Crippen LogP contribution in [0.15, 0.2) is 0 Å². The van der Waals surface area contributed by atoms with Crippen molar-refractivity contribution in [1.29, 1.82) is 0 Å². The monoisotopic (exact) mass is 248 g/mol. The van der Waals surface area contributed by atoms with Gasteiger partial charge in [0.15, 0.2) is 9.84 Å². The molecule has 0 aromatic heterocycles. The predicted octanol–water partition coefficient (Wildman–Crippen LogP) is -0.463. The number of carbonyl (C=O) groups is 1. The fraction of sp³-hybridized carbons (Fsp3) is 0.900. The first-order valence-corrected chi connectivity index (χ1v) is 7.53. The average molecular weight is 248 g/mol. The van der Waals surface area contributed by atoms with Crippen LogP contribution in [-0.2, 0) is 14.6 Å². The van der Waals surface area contributed by atoms with Gasteiger partial charge in [-0.25, -0.2) is 8.42 Å². The Morgan fingerprint density at radius 1 is 1.44 bits per heavy atom. The summed E-state index contributed by atoms with van der Waals surface area (Å²) in [4.78, 5) is 11.2. The number of sulfone groups is 1. The van der Waals surface area contributed by atoms with Crippen molar-refractivity contribution in [3.8, 4) is 0 Å². The number of rotatable bonds is 6. The lowest BCUT2D eigenvalue weighted by Crippen LogP contribution is -2.36. The Kier molecular flexibility index (Phi) is 5.21. The highest BCUT2D eigenvalue weighted by atomic mass is 32.2. The first-order valence-electron chi connectivity index (χ1n) is 5.71. The molecule has 0 aromatic carbocycles. The fourth-order valence-electron chi connectivity index (χ4n) is 1.75. The molecule has 0 bridgehead atoms. The van der Waals surface area contributed by atoms with Gasteiger partial charge in [-0.3, -0.25) is 4.79 Å². The summed E-state index contributed by atoms with van der Waals surface area (Å²) in [7, 11) is -2.80. The third-order valence-electron chi connectivity index (χ3n) is 2.62. The minimum absolute atomic E-state index is 0.0253. The van der Waals surface area contributed by atoms with Crippen LogP contribution in [-0.4, -0.2) is 45.5 Å². The second-order valence-electron chi connectivity index (χ2n) is 4.25. The minimum atomic E-state index is -2.80. The van der Waals surface area contributed by atoms with Crippen molar-refractivity contribution in [3.63, 3.8) is 0 Å². The summed E-state index contributed by atoms with van der Waals surface area (Å²) in [6, 6.07) is 0. The summed E-state index contributed by atoms with van der Waals surface area (Å²) in [6.07, 6.45) is 1.64. The number of amides is 1. The maximum absolute atomic E-state index is 11.2. The summed E-state index contributed by atoms with van der Waals surface area (Å²) in [6.45, 7) is 3.57. The first-order chi connectivity index (χ1) is 7.53. The van der Waals surface area contributed by atoms with E-state index in [0.29, 0.717) is 25.3 Å². The zero-order valence-corrected chi connectivity index (χ0v) is 10.5. The molecule has 0 aromatic rings. The molecule has 1 atom stereocenters. The van der Waals surface area contributed by atoms with E-state index in [9.17, 15) is 13.2 Å². The average Bonchev–Trinajstić information content (AvgIpc) is 2.55. The largest absolute Gasteiger partial charge is 0.355 e. The highest BCUT2D eigenvalue weighted by Gasteiger charge is 2.27. The lowest BCUT2D eigenvalue weighted by molar-refractivity contribution is -0.120. The van der Waals surface area contributed by atoms with Gasteiger partial charge < -0.3 is 10.6 Å². The van der Waals surface area contributed by atoms with Crippen molar-refractivity contribution in [2.45, 2.75) is 19.8 Å². The van der Waals surface area contributed by atoms with E-state index in [0.717, 1.165) is 6.42 Å². The van der Waals surface area contributed by atoms with Crippen molar-refractivity contribution in [3.05, 3.63) is 0 Å². The molecule has 0 spiro atoms. The van der Waals surface area contributed by atoms with E-state index in [-0.39, 0.29) is 24.1 Å². The molecule has 94 valence electrons. The second kappa shape index (κ2) is 6.20. The molecule has 1 heterocycles. The van der Waals surface area contributed by atoms with E-state index in [1.165, 1.54) is 0 Å². The van der Waals surface area contributed by atoms with E-state index >= 15 is 0 Å². The normalized spacial score (nSPS) is 23.2. The Morgan fingerprint density at radius 2 is 2.19 bits per heavy atom. The van der Waals surface area contributed by atoms with Gasteiger partial charge in [-0.15, -0.1) is 0 Å². The number of hydrogen-bond acceptors (Lipinski definition) is 4. The van der Waals surface area contributed by atoms with Crippen molar-refractivity contribution >= 4 is 15.7 Å². The summed E-state index contributed by atoms with van der Waals surface area (Å²) in [5.41, 5.74) is 0. The highest BCUT2D eigenvalue weighted by molar-refractivity contribution is 7.91. The molecule has 5 nitrogen and oxygen atoms in total. The number of carbonyl (C=O) groups excluding carboxylic acids is 1. The van der Waals surface area contributed by atoms with Crippen LogP contribution < -0.4 is 10.6 Å². The molecule has 1 rings (SSSR count). The van der Waals surface area contributed by atoms with Crippen molar-refractivity contribution in [2.24, 2.45) is 5.92 Å². The highest BCUT2D eigenvalue weighted by Crippen LogP contribution is 2.16. The lowest BCUT2D eigenvalue weighted by atomic mass is 10.1. The van der Waals surface area contributed by atoms with Crippen molar-refractivity contribution in [2.75, 3.05) is 31.1 Å². The molecule has 0 radical (unpaired) electrons. The molecule has 2 N–H and O–H groups in total. The van der Waals surface area contributed by atoms with E-state index < -0.39 is 9.84 Å². The van der Waals surface area contributed by atoms with Gasteiger partial charge in [0, 0.05) is 6.54 Å². The lowest BCUT2D eigenvalue weighted by Gasteiger charge is -2.09. The van der Waals surface area contributed by atoms with Crippen LogP contribution >= 0.6 is 0 Å². The first kappa shape index (κ1) is 13.4. The van der Waals surface area contributed by atoms with Crippen LogP contribution in [0.1, 0.15) is 19.8 Å². The Balaban J connectivity index is 2.10. The molecule has 0 aliphatic carbocycles. The van der Waals surface area contributed by atoms with Crippen LogP contribution in [0.5, 0.6) is 0 Å². The van der Waals surface area contributed by atoms with E-state index in [2.05, 4.69) is 10.6 Å². The number of hydrogen-bond donors (Lipinski definition) is 2. The van der Waals surface area contributed by atoms with Crippen molar-refractivity contribution in [1.82, 2.24) is 10.6 Å². The minimum Gasteiger partial charge on any atom is -0.355 e. The van der Waals surface area contributed by atoms with Gasteiger partial charge in [-0.2, -0.15) is 0 Å². The third kappa shape index (κ3) is 4.94. The smallest absolute Gasteiger partial charge is 0.233 e. The Labute approximate surface area is 96.9 Å². The molecule has 1 unspecified atom stereocenters. The van der Waals surface area contributed by atoms with Crippen LogP contribution in [0.2, 0.25) is 0 Å². The molecule has 1 saturated heterocycles. The second-order valence-corrected chi connectivity index (χ2v) is 6.48. The maximum Gasteiger partial charge on any atom is 0.233 e. The van der Waals surface area contributed by atoms with Gasteiger partial charge in [0.25, 0.3) is 0 Å². The van der Waals surface area contributed by atoms with Gasteiger partial charge >= 0.3 is 0 Å². The molecular formula is C10H20N2O3S. The Bertz CT molecular complexity index is 327. The molecule has 0 saturated carbocycles. The zero-order valence-electron chi connectivity index (χ0n) is 9.66.